The van der Waals surface area contributed by atoms with E-state index in [1.165, 1.54) is 0 Å². The van der Waals surface area contributed by atoms with Crippen LogP contribution in [-0.4, -0.2) is 26.8 Å². The van der Waals surface area contributed by atoms with Gasteiger partial charge in [-0.15, -0.1) is 0 Å². The average molecular weight is 295 g/mol. The fraction of sp³-hybridized carbons (Fsp3) is 0.0625. The number of fused-ring (bicyclic) bond motifs is 1. The normalized spacial score (nSPS) is 10.5. The molecule has 1 amide bonds. The molecule has 0 bridgehead atoms. The number of aromatic hydroxyl groups is 1. The SMILES string of the molecule is O=C(NCc1ccccn1)C(=O)c1c(O)[nH]c2ccccc12. The molecule has 0 unspecified atom stereocenters. The third-order valence-corrected chi connectivity index (χ3v) is 3.28. The fourth-order valence-corrected chi connectivity index (χ4v) is 2.22. The van der Waals surface area contributed by atoms with Crippen LogP contribution in [0.25, 0.3) is 10.9 Å². The first kappa shape index (κ1) is 13.8. The zero-order chi connectivity index (χ0) is 15.5. The van der Waals surface area contributed by atoms with Crippen LogP contribution in [0, 0.1) is 0 Å². The van der Waals surface area contributed by atoms with Gasteiger partial charge in [-0.05, 0) is 18.2 Å². The third kappa shape index (κ3) is 2.54. The van der Waals surface area contributed by atoms with Crippen molar-refractivity contribution in [2.45, 2.75) is 6.54 Å². The molecule has 0 saturated heterocycles. The zero-order valence-corrected chi connectivity index (χ0v) is 11.5. The predicted molar refractivity (Wildman–Crippen MR) is 80.4 cm³/mol. The molecule has 110 valence electrons. The van der Waals surface area contributed by atoms with Gasteiger partial charge in [-0.3, -0.25) is 14.6 Å². The van der Waals surface area contributed by atoms with Gasteiger partial charge < -0.3 is 15.4 Å². The number of carbonyl (C=O) groups is 2. The minimum absolute atomic E-state index is 0.0193. The Balaban J connectivity index is 1.80. The molecule has 6 heteroatoms. The first-order valence-electron chi connectivity index (χ1n) is 6.69. The number of amides is 1. The van der Waals surface area contributed by atoms with Crippen LogP contribution in [0.4, 0.5) is 0 Å². The molecule has 0 spiro atoms. The summed E-state index contributed by atoms with van der Waals surface area (Å²) in [5.74, 6) is -1.88. The van der Waals surface area contributed by atoms with Crippen molar-refractivity contribution in [2.75, 3.05) is 0 Å². The molecule has 3 rings (SSSR count). The van der Waals surface area contributed by atoms with Crippen LogP contribution < -0.4 is 5.32 Å². The summed E-state index contributed by atoms with van der Waals surface area (Å²) in [5.41, 5.74) is 1.22. The molecule has 2 aromatic heterocycles. The van der Waals surface area contributed by atoms with Crippen LogP contribution in [0.1, 0.15) is 16.1 Å². The number of rotatable bonds is 4. The van der Waals surface area contributed by atoms with Gasteiger partial charge in [0.1, 0.15) is 0 Å². The van der Waals surface area contributed by atoms with Crippen LogP contribution >= 0.6 is 0 Å². The lowest BCUT2D eigenvalue weighted by Gasteiger charge is -2.03. The molecule has 0 aliphatic heterocycles. The van der Waals surface area contributed by atoms with Crippen LogP contribution in [-0.2, 0) is 11.3 Å². The Morgan fingerprint density at radius 1 is 1.14 bits per heavy atom. The molecule has 3 N–H and O–H groups in total. The van der Waals surface area contributed by atoms with Gasteiger partial charge in [0.15, 0.2) is 0 Å². The number of H-pyrrole nitrogens is 1. The van der Waals surface area contributed by atoms with Gasteiger partial charge in [-0.25, -0.2) is 0 Å². The number of benzene rings is 1. The van der Waals surface area contributed by atoms with Crippen molar-refractivity contribution in [3.05, 3.63) is 59.9 Å². The van der Waals surface area contributed by atoms with E-state index < -0.39 is 11.7 Å². The second-order valence-corrected chi connectivity index (χ2v) is 4.73. The van der Waals surface area contributed by atoms with Crippen molar-refractivity contribution in [1.29, 1.82) is 0 Å². The molecule has 0 saturated carbocycles. The number of aromatic amines is 1. The van der Waals surface area contributed by atoms with Gasteiger partial charge in [0.25, 0.3) is 11.7 Å². The van der Waals surface area contributed by atoms with Gasteiger partial charge in [0.2, 0.25) is 5.88 Å². The zero-order valence-electron chi connectivity index (χ0n) is 11.5. The number of pyridine rings is 1. The van der Waals surface area contributed by atoms with Gasteiger partial charge >= 0.3 is 0 Å². The topological polar surface area (TPSA) is 95.1 Å². The van der Waals surface area contributed by atoms with E-state index >= 15 is 0 Å². The second kappa shape index (κ2) is 5.69. The maximum absolute atomic E-state index is 12.2. The number of nitrogens with one attached hydrogen (secondary N) is 2. The summed E-state index contributed by atoms with van der Waals surface area (Å²) in [4.78, 5) is 31.0. The molecule has 0 radical (unpaired) electrons. The minimum Gasteiger partial charge on any atom is -0.494 e. The van der Waals surface area contributed by atoms with Crippen LogP contribution in [0.2, 0.25) is 0 Å². The molecule has 0 atom stereocenters. The fourth-order valence-electron chi connectivity index (χ4n) is 2.22. The molecule has 2 heterocycles. The van der Waals surface area contributed by atoms with E-state index in [-0.39, 0.29) is 18.0 Å². The van der Waals surface area contributed by atoms with Gasteiger partial charge in [0.05, 0.1) is 17.8 Å². The largest absolute Gasteiger partial charge is 0.494 e. The lowest BCUT2D eigenvalue weighted by atomic mass is 10.1. The molecule has 1 aromatic carbocycles. The monoisotopic (exact) mass is 295 g/mol. The number of hydrogen-bond acceptors (Lipinski definition) is 4. The summed E-state index contributed by atoms with van der Waals surface area (Å²) >= 11 is 0. The highest BCUT2D eigenvalue weighted by molar-refractivity contribution is 6.45. The van der Waals surface area contributed by atoms with E-state index in [1.807, 2.05) is 0 Å². The Morgan fingerprint density at radius 3 is 2.68 bits per heavy atom. The Bertz CT molecular complexity index is 840. The lowest BCUT2D eigenvalue weighted by Crippen LogP contribution is -2.30. The molecule has 0 fully saturated rings. The number of nitrogens with zero attached hydrogens (tertiary/aromatic N) is 1. The van der Waals surface area contributed by atoms with Crippen molar-refractivity contribution in [1.82, 2.24) is 15.3 Å². The Morgan fingerprint density at radius 2 is 1.91 bits per heavy atom. The lowest BCUT2D eigenvalue weighted by molar-refractivity contribution is -0.117. The number of aromatic nitrogens is 2. The number of hydrogen-bond donors (Lipinski definition) is 3. The third-order valence-electron chi connectivity index (χ3n) is 3.28. The minimum atomic E-state index is -0.786. The Kier molecular flexibility index (Phi) is 3.57. The van der Waals surface area contributed by atoms with Crippen LogP contribution in [0.15, 0.2) is 48.7 Å². The van der Waals surface area contributed by atoms with Crippen molar-refractivity contribution < 1.29 is 14.7 Å². The van der Waals surface area contributed by atoms with E-state index in [2.05, 4.69) is 15.3 Å². The first-order valence-corrected chi connectivity index (χ1v) is 6.69. The number of ketones is 1. The Labute approximate surface area is 125 Å². The van der Waals surface area contributed by atoms with E-state index in [1.54, 1.807) is 48.7 Å². The molecule has 0 aliphatic rings. The summed E-state index contributed by atoms with van der Waals surface area (Å²) in [5, 5.41) is 12.9. The quantitative estimate of drug-likeness (QED) is 0.505. The predicted octanol–water partition coefficient (Wildman–Crippen LogP) is 1.77. The smallest absolute Gasteiger partial charge is 0.292 e. The number of Topliss-reactive ketones (excluding diaryl/α,β-unsaturated/α-hetero) is 1. The number of para-hydroxylation sites is 1. The standard InChI is InChI=1S/C16H13N3O3/c20-14(16(22)18-9-10-5-3-4-8-17-10)13-11-6-1-2-7-12(11)19-15(13)21/h1-8,19,21H,9H2,(H,18,22). The molecule has 6 nitrogen and oxygen atoms in total. The molecule has 0 aliphatic carbocycles. The van der Waals surface area contributed by atoms with Gasteiger partial charge in [-0.2, -0.15) is 0 Å². The molecule has 3 aromatic rings. The maximum atomic E-state index is 12.2. The summed E-state index contributed by atoms with van der Waals surface area (Å²) in [6, 6.07) is 12.2. The van der Waals surface area contributed by atoms with Crippen LogP contribution in [0.5, 0.6) is 5.88 Å². The summed E-state index contributed by atoms with van der Waals surface area (Å²) in [6.45, 7) is 0.147. The van der Waals surface area contributed by atoms with Gasteiger partial charge in [-0.1, -0.05) is 24.3 Å². The summed E-state index contributed by atoms with van der Waals surface area (Å²) in [6.07, 6.45) is 1.61. The first-order chi connectivity index (χ1) is 10.7. The molecular weight excluding hydrogens is 282 g/mol. The van der Waals surface area contributed by atoms with Crippen molar-refractivity contribution >= 4 is 22.6 Å². The average Bonchev–Trinajstić information content (AvgIpc) is 2.88. The highest BCUT2D eigenvalue weighted by atomic mass is 16.3. The van der Waals surface area contributed by atoms with E-state index in [9.17, 15) is 14.7 Å². The van der Waals surface area contributed by atoms with Crippen molar-refractivity contribution in [3.8, 4) is 5.88 Å². The maximum Gasteiger partial charge on any atom is 0.292 e. The highest BCUT2D eigenvalue weighted by Gasteiger charge is 2.24. The summed E-state index contributed by atoms with van der Waals surface area (Å²) in [7, 11) is 0. The van der Waals surface area contributed by atoms with Crippen molar-refractivity contribution in [2.24, 2.45) is 0 Å². The van der Waals surface area contributed by atoms with Crippen molar-refractivity contribution in [3.63, 3.8) is 0 Å². The van der Waals surface area contributed by atoms with E-state index in [0.29, 0.717) is 16.6 Å². The summed E-state index contributed by atoms with van der Waals surface area (Å²) < 4.78 is 0. The van der Waals surface area contributed by atoms with Crippen LogP contribution in [0.3, 0.4) is 0 Å². The van der Waals surface area contributed by atoms with E-state index in [0.717, 1.165) is 0 Å². The highest BCUT2D eigenvalue weighted by Crippen LogP contribution is 2.27. The van der Waals surface area contributed by atoms with Gasteiger partial charge in [0, 0.05) is 17.1 Å². The number of carbonyl (C=O) groups excluding carboxylic acids is 2. The molecule has 22 heavy (non-hydrogen) atoms. The Hall–Kier alpha value is -3.15. The van der Waals surface area contributed by atoms with E-state index in [4.69, 9.17) is 0 Å². The second-order valence-electron chi connectivity index (χ2n) is 4.73. The molecular formula is C16H13N3O3.